The molecule has 1 N–H and O–H groups in total. The molecule has 3 aliphatic rings. The quantitative estimate of drug-likeness (QED) is 0.754. The molecule has 4 rings (SSSR count). The largest absolute Gasteiger partial charge is 0.338 e. The van der Waals surface area contributed by atoms with Gasteiger partial charge in [-0.25, -0.2) is 4.79 Å². The lowest BCUT2D eigenvalue weighted by Gasteiger charge is -2.37. The van der Waals surface area contributed by atoms with Crippen LogP contribution in [0.25, 0.3) is 0 Å². The highest BCUT2D eigenvalue weighted by Crippen LogP contribution is 2.38. The average molecular weight is 419 g/mol. The van der Waals surface area contributed by atoms with Gasteiger partial charge >= 0.3 is 6.03 Å². The number of hydrogen-bond acceptors (Lipinski definition) is 5. The van der Waals surface area contributed by atoms with Crippen LogP contribution in [0.1, 0.15) is 42.3 Å². The zero-order valence-electron chi connectivity index (χ0n) is 16.6. The molecular formula is C20H26N4O4S. The number of carbonyl (C=O) groups excluding carboxylic acids is 4. The molecule has 0 aromatic carbocycles. The van der Waals surface area contributed by atoms with E-state index < -0.39 is 11.6 Å². The van der Waals surface area contributed by atoms with Crippen LogP contribution < -0.4 is 5.32 Å². The lowest BCUT2D eigenvalue weighted by molar-refractivity contribution is -0.141. The van der Waals surface area contributed by atoms with Crippen LogP contribution in [0.5, 0.6) is 0 Å². The van der Waals surface area contributed by atoms with E-state index in [1.165, 1.54) is 11.3 Å². The molecule has 0 unspecified atom stereocenters. The molecule has 1 saturated carbocycles. The molecule has 8 nitrogen and oxygen atoms in total. The van der Waals surface area contributed by atoms with Gasteiger partial charge in [0.05, 0.1) is 4.88 Å². The molecule has 1 aliphatic carbocycles. The van der Waals surface area contributed by atoms with Crippen LogP contribution in [-0.4, -0.2) is 76.7 Å². The Labute approximate surface area is 173 Å². The molecule has 0 radical (unpaired) electrons. The molecule has 5 amide bonds. The number of carbonyl (C=O) groups is 4. The maximum Gasteiger partial charge on any atom is 0.325 e. The predicted molar refractivity (Wildman–Crippen MR) is 107 cm³/mol. The third-order valence-corrected chi connectivity index (χ3v) is 7.30. The van der Waals surface area contributed by atoms with Gasteiger partial charge in [-0.1, -0.05) is 25.8 Å². The minimum Gasteiger partial charge on any atom is -0.338 e. The lowest BCUT2D eigenvalue weighted by atomic mass is 9.73. The molecule has 3 fully saturated rings. The summed E-state index contributed by atoms with van der Waals surface area (Å²) < 4.78 is 0. The van der Waals surface area contributed by atoms with Crippen molar-refractivity contribution in [3.8, 4) is 0 Å². The van der Waals surface area contributed by atoms with Crippen LogP contribution in [-0.2, 0) is 9.59 Å². The first-order valence-electron chi connectivity index (χ1n) is 10.2. The van der Waals surface area contributed by atoms with E-state index in [0.29, 0.717) is 37.5 Å². The van der Waals surface area contributed by atoms with Crippen molar-refractivity contribution in [3.63, 3.8) is 0 Å². The highest BCUT2D eigenvalue weighted by Gasteiger charge is 2.55. The third-order valence-electron chi connectivity index (χ3n) is 6.45. The van der Waals surface area contributed by atoms with Crippen LogP contribution in [0.2, 0.25) is 0 Å². The fourth-order valence-electron chi connectivity index (χ4n) is 4.59. The lowest BCUT2D eigenvalue weighted by Crippen LogP contribution is -2.55. The fraction of sp³-hybridized carbons (Fsp3) is 0.600. The van der Waals surface area contributed by atoms with Crippen molar-refractivity contribution < 1.29 is 19.2 Å². The van der Waals surface area contributed by atoms with Gasteiger partial charge in [-0.15, -0.1) is 11.3 Å². The first-order chi connectivity index (χ1) is 13.9. The van der Waals surface area contributed by atoms with E-state index in [-0.39, 0.29) is 30.2 Å². The second-order valence-electron chi connectivity index (χ2n) is 8.09. The Hall–Kier alpha value is -2.42. The fourth-order valence-corrected chi connectivity index (χ4v) is 5.28. The highest BCUT2D eigenvalue weighted by molar-refractivity contribution is 7.12. The second-order valence-corrected chi connectivity index (χ2v) is 9.04. The van der Waals surface area contributed by atoms with Gasteiger partial charge in [0.15, 0.2) is 0 Å². The zero-order chi connectivity index (χ0) is 20.6. The molecule has 1 aromatic heterocycles. The molecule has 1 aromatic rings. The number of hydrogen-bond donors (Lipinski definition) is 1. The summed E-state index contributed by atoms with van der Waals surface area (Å²) in [5.41, 5.74) is -0.846. The monoisotopic (exact) mass is 418 g/mol. The summed E-state index contributed by atoms with van der Waals surface area (Å²) in [7, 11) is 0. The minimum absolute atomic E-state index is 0.0191. The molecule has 1 spiro atoms. The van der Waals surface area contributed by atoms with E-state index in [9.17, 15) is 19.2 Å². The Morgan fingerprint density at radius 3 is 2.55 bits per heavy atom. The predicted octanol–water partition coefficient (Wildman–Crippen LogP) is 1.53. The number of urea groups is 1. The van der Waals surface area contributed by atoms with Gasteiger partial charge in [-0.3, -0.25) is 19.3 Å². The van der Waals surface area contributed by atoms with Crippen molar-refractivity contribution in [2.24, 2.45) is 5.92 Å². The van der Waals surface area contributed by atoms with Crippen LogP contribution in [0, 0.1) is 5.92 Å². The van der Waals surface area contributed by atoms with Crippen molar-refractivity contribution in [1.82, 2.24) is 20.0 Å². The van der Waals surface area contributed by atoms with E-state index in [2.05, 4.69) is 5.32 Å². The smallest absolute Gasteiger partial charge is 0.325 e. The maximum atomic E-state index is 13.0. The van der Waals surface area contributed by atoms with Gasteiger partial charge in [0.2, 0.25) is 5.91 Å². The summed E-state index contributed by atoms with van der Waals surface area (Å²) in [4.78, 5) is 55.8. The average Bonchev–Trinajstić information content (AvgIpc) is 3.34. The van der Waals surface area contributed by atoms with E-state index >= 15 is 0 Å². The van der Waals surface area contributed by atoms with E-state index in [1.807, 2.05) is 18.4 Å². The van der Waals surface area contributed by atoms with Crippen molar-refractivity contribution >= 4 is 35.1 Å². The van der Waals surface area contributed by atoms with Crippen LogP contribution in [0.15, 0.2) is 17.5 Å². The molecule has 29 heavy (non-hydrogen) atoms. The number of rotatable bonds is 3. The van der Waals surface area contributed by atoms with Crippen molar-refractivity contribution in [2.75, 3.05) is 32.7 Å². The summed E-state index contributed by atoms with van der Waals surface area (Å²) in [6, 6.07) is 3.17. The van der Waals surface area contributed by atoms with Gasteiger partial charge in [0.1, 0.15) is 12.1 Å². The molecule has 9 heteroatoms. The topological polar surface area (TPSA) is 90.0 Å². The van der Waals surface area contributed by atoms with Gasteiger partial charge in [-0.2, -0.15) is 0 Å². The standard InChI is InChI=1S/C20H26N4O4S/c1-14-5-2-3-7-20(14)18(27)24(19(28)21-20)13-16(25)22-8-10-23(11-9-22)17(26)15-6-4-12-29-15/h4,6,12,14H,2-3,5,7-11,13H2,1H3,(H,21,28)/t14-,20+/m1/s1. The molecular weight excluding hydrogens is 392 g/mol. The van der Waals surface area contributed by atoms with E-state index in [4.69, 9.17) is 0 Å². The summed E-state index contributed by atoms with van der Waals surface area (Å²) in [5.74, 6) is -0.471. The Morgan fingerprint density at radius 2 is 1.90 bits per heavy atom. The summed E-state index contributed by atoms with van der Waals surface area (Å²) in [6.45, 7) is 3.46. The van der Waals surface area contributed by atoms with Gasteiger partial charge < -0.3 is 15.1 Å². The van der Waals surface area contributed by atoms with Crippen LogP contribution in [0.3, 0.4) is 0 Å². The Morgan fingerprint density at radius 1 is 1.17 bits per heavy atom. The Bertz CT molecular complexity index is 818. The SMILES string of the molecule is C[C@@H]1CCCC[C@]12NC(=O)N(CC(=O)N1CCN(C(=O)c3cccs3)CC1)C2=O. The van der Waals surface area contributed by atoms with Gasteiger partial charge in [0.25, 0.3) is 11.8 Å². The molecule has 3 heterocycles. The molecule has 2 aliphatic heterocycles. The number of piperazine rings is 1. The van der Waals surface area contributed by atoms with Crippen LogP contribution >= 0.6 is 11.3 Å². The number of thiophene rings is 1. The van der Waals surface area contributed by atoms with Crippen LogP contribution in [0.4, 0.5) is 4.79 Å². The molecule has 2 atom stereocenters. The molecule has 2 saturated heterocycles. The van der Waals surface area contributed by atoms with Gasteiger partial charge in [0, 0.05) is 26.2 Å². The highest BCUT2D eigenvalue weighted by atomic mass is 32.1. The number of nitrogens with one attached hydrogen (secondary N) is 1. The summed E-state index contributed by atoms with van der Waals surface area (Å²) in [5, 5.41) is 4.75. The third kappa shape index (κ3) is 3.52. The van der Waals surface area contributed by atoms with E-state index in [1.54, 1.807) is 15.9 Å². The first kappa shape index (κ1) is 19.9. The van der Waals surface area contributed by atoms with E-state index in [0.717, 1.165) is 24.2 Å². The van der Waals surface area contributed by atoms with Gasteiger partial charge in [-0.05, 0) is 30.2 Å². The maximum absolute atomic E-state index is 13.0. The Balaban J connectivity index is 1.35. The van der Waals surface area contributed by atoms with Crippen molar-refractivity contribution in [1.29, 1.82) is 0 Å². The first-order valence-corrected chi connectivity index (χ1v) is 11.0. The summed E-state index contributed by atoms with van der Waals surface area (Å²) in [6.07, 6.45) is 3.48. The Kier molecular flexibility index (Phi) is 5.33. The number of imide groups is 1. The number of amides is 5. The second kappa shape index (κ2) is 7.78. The molecule has 0 bridgehead atoms. The number of nitrogens with zero attached hydrogens (tertiary/aromatic N) is 3. The van der Waals surface area contributed by atoms with Crippen molar-refractivity contribution in [2.45, 2.75) is 38.1 Å². The normalized spacial score (nSPS) is 27.5. The minimum atomic E-state index is -0.846. The summed E-state index contributed by atoms with van der Waals surface area (Å²) >= 11 is 1.40. The molecule has 156 valence electrons. The zero-order valence-corrected chi connectivity index (χ0v) is 17.4. The van der Waals surface area contributed by atoms with Crippen molar-refractivity contribution in [3.05, 3.63) is 22.4 Å².